The molecule has 2 aromatic heterocycles. The van der Waals surface area contributed by atoms with Gasteiger partial charge in [-0.15, -0.1) is 24.5 Å². The Balaban J connectivity index is 0.00000204. The number of ether oxygens (including phenoxy) is 1. The zero-order valence-electron chi connectivity index (χ0n) is 18.1. The first-order valence-electron chi connectivity index (χ1n) is 9.51. The molecule has 0 unspecified atom stereocenters. The topological polar surface area (TPSA) is 69.0 Å². The number of carbonyl (C=O) groups excluding carboxylic acids is 1. The highest BCUT2D eigenvalue weighted by Gasteiger charge is 2.26. The molecular weight excluding hydrogens is 384 g/mol. The van der Waals surface area contributed by atoms with E-state index in [4.69, 9.17) is 4.74 Å². The summed E-state index contributed by atoms with van der Waals surface area (Å²) >= 11 is 1.39. The summed E-state index contributed by atoms with van der Waals surface area (Å²) in [5.41, 5.74) is 1.91. The fourth-order valence-electron chi connectivity index (χ4n) is 2.72. The number of anilines is 1. The number of hydrogen-bond acceptors (Lipinski definition) is 5. The van der Waals surface area contributed by atoms with Crippen LogP contribution in [-0.2, 0) is 16.9 Å². The Bertz CT molecular complexity index is 833. The summed E-state index contributed by atoms with van der Waals surface area (Å²) in [4.78, 5) is 17.2. The minimum absolute atomic E-state index is 0.0896. The third-order valence-corrected chi connectivity index (χ3v) is 4.82. The molecule has 0 radical (unpaired) electrons. The minimum Gasteiger partial charge on any atom is -0.367 e. The van der Waals surface area contributed by atoms with Crippen molar-refractivity contribution in [2.45, 2.75) is 59.3 Å². The first-order chi connectivity index (χ1) is 13.8. The maximum atomic E-state index is 12.6. The van der Waals surface area contributed by atoms with Gasteiger partial charge in [0.05, 0.1) is 11.8 Å². The molecular formula is C22H32N4O2S. The van der Waals surface area contributed by atoms with Crippen molar-refractivity contribution in [1.29, 1.82) is 0 Å². The molecule has 0 aromatic carbocycles. The Kier molecular flexibility index (Phi) is 9.71. The van der Waals surface area contributed by atoms with Crippen LogP contribution in [0.2, 0.25) is 0 Å². The summed E-state index contributed by atoms with van der Waals surface area (Å²) in [5.74, 6) is -0.225. The van der Waals surface area contributed by atoms with E-state index in [2.05, 4.69) is 35.1 Å². The van der Waals surface area contributed by atoms with Crippen LogP contribution in [0.4, 0.5) is 5.13 Å². The number of hydrogen-bond donors (Lipinski definition) is 1. The maximum Gasteiger partial charge on any atom is 0.275 e. The molecule has 2 rings (SSSR count). The van der Waals surface area contributed by atoms with Crippen LogP contribution in [0.3, 0.4) is 0 Å². The van der Waals surface area contributed by atoms with E-state index in [1.807, 2.05) is 52.2 Å². The lowest BCUT2D eigenvalue weighted by Gasteiger charge is -2.25. The predicted octanol–water partition coefficient (Wildman–Crippen LogP) is 5.58. The molecule has 2 aromatic rings. The Morgan fingerprint density at radius 1 is 1.41 bits per heavy atom. The van der Waals surface area contributed by atoms with E-state index in [1.165, 1.54) is 11.3 Å². The second kappa shape index (κ2) is 11.5. The molecule has 6 nitrogen and oxygen atoms in total. The highest BCUT2D eigenvalue weighted by atomic mass is 32.1. The van der Waals surface area contributed by atoms with Gasteiger partial charge in [0.25, 0.3) is 5.91 Å². The monoisotopic (exact) mass is 416 g/mol. The largest absolute Gasteiger partial charge is 0.367 e. The van der Waals surface area contributed by atoms with Crippen LogP contribution >= 0.6 is 11.3 Å². The van der Waals surface area contributed by atoms with Crippen molar-refractivity contribution in [2.24, 2.45) is 0 Å². The average Bonchev–Trinajstić information content (AvgIpc) is 3.33. The SMILES string of the molecule is C=C.C=C/C(=C\C)CCn1nccc1C(=O)Nc1nc(C(C)(C)OC(C)C)cs1. The van der Waals surface area contributed by atoms with E-state index in [9.17, 15) is 4.79 Å². The molecule has 0 aliphatic carbocycles. The van der Waals surface area contributed by atoms with E-state index < -0.39 is 5.60 Å². The van der Waals surface area contributed by atoms with E-state index in [0.29, 0.717) is 17.4 Å². The van der Waals surface area contributed by atoms with Crippen LogP contribution in [0.15, 0.2) is 55.1 Å². The van der Waals surface area contributed by atoms with Gasteiger partial charge in [0.15, 0.2) is 5.13 Å². The quantitative estimate of drug-likeness (QED) is 0.428. The van der Waals surface area contributed by atoms with E-state index in [0.717, 1.165) is 17.7 Å². The smallest absolute Gasteiger partial charge is 0.275 e. The number of carbonyl (C=O) groups is 1. The van der Waals surface area contributed by atoms with Gasteiger partial charge in [-0.25, -0.2) is 4.98 Å². The minimum atomic E-state index is -0.511. The van der Waals surface area contributed by atoms with Gasteiger partial charge in [-0.2, -0.15) is 5.10 Å². The van der Waals surface area contributed by atoms with Gasteiger partial charge < -0.3 is 4.74 Å². The molecule has 0 fully saturated rings. The fourth-order valence-corrected chi connectivity index (χ4v) is 3.58. The summed E-state index contributed by atoms with van der Waals surface area (Å²) in [5, 5.41) is 9.58. The van der Waals surface area contributed by atoms with Gasteiger partial charge in [-0.3, -0.25) is 14.8 Å². The maximum absolute atomic E-state index is 12.6. The van der Waals surface area contributed by atoms with Crippen LogP contribution < -0.4 is 5.32 Å². The molecule has 0 saturated heterocycles. The van der Waals surface area contributed by atoms with Crippen molar-refractivity contribution < 1.29 is 9.53 Å². The number of nitrogens with zero attached hydrogens (tertiary/aromatic N) is 3. The van der Waals surface area contributed by atoms with Crippen LogP contribution in [0, 0.1) is 0 Å². The number of aromatic nitrogens is 3. The lowest BCUT2D eigenvalue weighted by atomic mass is 10.1. The summed E-state index contributed by atoms with van der Waals surface area (Å²) < 4.78 is 7.61. The Morgan fingerprint density at radius 2 is 2.10 bits per heavy atom. The lowest BCUT2D eigenvalue weighted by Crippen LogP contribution is -2.26. The van der Waals surface area contributed by atoms with Gasteiger partial charge in [-0.1, -0.05) is 24.3 Å². The Labute approximate surface area is 178 Å². The molecule has 0 bridgehead atoms. The molecule has 7 heteroatoms. The van der Waals surface area contributed by atoms with Crippen molar-refractivity contribution in [1.82, 2.24) is 14.8 Å². The Morgan fingerprint density at radius 3 is 2.69 bits per heavy atom. The predicted molar refractivity (Wildman–Crippen MR) is 121 cm³/mol. The third-order valence-electron chi connectivity index (χ3n) is 4.07. The van der Waals surface area contributed by atoms with Crippen molar-refractivity contribution in [3.63, 3.8) is 0 Å². The summed E-state index contributed by atoms with van der Waals surface area (Å²) in [6.07, 6.45) is 6.32. The van der Waals surface area contributed by atoms with Crippen LogP contribution in [0.25, 0.3) is 0 Å². The van der Waals surface area contributed by atoms with Gasteiger partial charge in [0, 0.05) is 18.1 Å². The first-order valence-corrected chi connectivity index (χ1v) is 10.4. The molecule has 2 heterocycles. The van der Waals surface area contributed by atoms with Crippen LogP contribution in [-0.4, -0.2) is 26.8 Å². The lowest BCUT2D eigenvalue weighted by molar-refractivity contribution is -0.0623. The molecule has 0 aliphatic heterocycles. The number of nitrogens with one attached hydrogen (secondary N) is 1. The van der Waals surface area contributed by atoms with Gasteiger partial charge in [0.1, 0.15) is 11.3 Å². The first kappa shape index (κ1) is 24.5. The number of allylic oxidation sites excluding steroid dienone is 3. The summed E-state index contributed by atoms with van der Waals surface area (Å²) in [6.45, 7) is 20.3. The fraction of sp³-hybridized carbons (Fsp3) is 0.409. The van der Waals surface area contributed by atoms with Crippen molar-refractivity contribution in [3.05, 3.63) is 66.5 Å². The van der Waals surface area contributed by atoms with Gasteiger partial charge >= 0.3 is 0 Å². The normalized spacial score (nSPS) is 11.7. The van der Waals surface area contributed by atoms with Crippen LogP contribution in [0.1, 0.15) is 57.2 Å². The molecule has 0 aliphatic rings. The van der Waals surface area contributed by atoms with Crippen molar-refractivity contribution in [2.75, 3.05) is 5.32 Å². The molecule has 1 amide bonds. The zero-order chi connectivity index (χ0) is 22.0. The molecule has 158 valence electrons. The van der Waals surface area contributed by atoms with Crippen LogP contribution in [0.5, 0.6) is 0 Å². The van der Waals surface area contributed by atoms with E-state index in [1.54, 1.807) is 16.9 Å². The zero-order valence-corrected chi connectivity index (χ0v) is 18.9. The number of rotatable bonds is 9. The van der Waals surface area contributed by atoms with Crippen molar-refractivity contribution >= 4 is 22.4 Å². The third kappa shape index (κ3) is 7.11. The highest BCUT2D eigenvalue weighted by molar-refractivity contribution is 7.14. The highest BCUT2D eigenvalue weighted by Crippen LogP contribution is 2.29. The Hall–Kier alpha value is -2.51. The molecule has 1 N–H and O–H groups in total. The molecule has 0 saturated carbocycles. The van der Waals surface area contributed by atoms with Gasteiger partial charge in [0.2, 0.25) is 0 Å². The number of aryl methyl sites for hydroxylation is 1. The summed E-state index contributed by atoms with van der Waals surface area (Å²) in [7, 11) is 0. The number of thiazole rings is 1. The van der Waals surface area contributed by atoms with E-state index in [-0.39, 0.29) is 12.0 Å². The summed E-state index contributed by atoms with van der Waals surface area (Å²) in [6, 6.07) is 1.71. The number of amides is 1. The van der Waals surface area contributed by atoms with Crippen molar-refractivity contribution in [3.8, 4) is 0 Å². The second-order valence-electron chi connectivity index (χ2n) is 6.93. The molecule has 0 atom stereocenters. The molecule has 29 heavy (non-hydrogen) atoms. The standard InChI is InChI=1S/C20H28N4O2S.C2H4/c1-7-15(8-2)10-12-24-16(9-11-21-24)18(25)23-19-22-17(13-27-19)20(5,6)26-14(3)4;1-2/h7-9,11,13-14H,1,10,12H2,2-6H3,(H,22,23,25);1-2H2/b15-8+;. The molecule has 0 spiro atoms. The average molecular weight is 417 g/mol. The van der Waals surface area contributed by atoms with Gasteiger partial charge in [-0.05, 0) is 47.1 Å². The second-order valence-corrected chi connectivity index (χ2v) is 7.78. The van der Waals surface area contributed by atoms with E-state index >= 15 is 0 Å².